The van der Waals surface area contributed by atoms with E-state index in [1.807, 2.05) is 6.07 Å². The van der Waals surface area contributed by atoms with Gasteiger partial charge >= 0.3 is 5.97 Å². The number of rotatable bonds is 8. The van der Waals surface area contributed by atoms with Crippen molar-refractivity contribution in [3.63, 3.8) is 0 Å². The molecule has 2 N–H and O–H groups in total. The standard InChI is InChI=1S/C20H18FN3O4S/c1-13(20(27)24-17-5-3-2-4-14(17)10-22)28-19(26)12-29-11-18(25)23-16-8-6-15(21)7-9-16/h2-9,13H,11-12H2,1H3,(H,23,25)(H,24,27)/t13-/m0/s1. The lowest BCUT2D eigenvalue weighted by Crippen LogP contribution is -2.31. The quantitative estimate of drug-likeness (QED) is 0.642. The van der Waals surface area contributed by atoms with Crippen molar-refractivity contribution >= 4 is 40.9 Å². The first kappa shape index (κ1) is 21.9. The number of benzene rings is 2. The fraction of sp³-hybridized carbons (Fsp3) is 0.200. The highest BCUT2D eigenvalue weighted by molar-refractivity contribution is 8.00. The third-order valence-electron chi connectivity index (χ3n) is 3.56. The van der Waals surface area contributed by atoms with Gasteiger partial charge in [0.25, 0.3) is 5.91 Å². The number of anilines is 2. The summed E-state index contributed by atoms with van der Waals surface area (Å²) >= 11 is 1.02. The summed E-state index contributed by atoms with van der Waals surface area (Å²) in [5, 5.41) is 14.1. The van der Waals surface area contributed by atoms with Gasteiger partial charge in [-0.3, -0.25) is 14.4 Å². The van der Waals surface area contributed by atoms with E-state index in [0.717, 1.165) is 11.8 Å². The maximum Gasteiger partial charge on any atom is 0.316 e. The van der Waals surface area contributed by atoms with Gasteiger partial charge < -0.3 is 15.4 Å². The normalized spacial score (nSPS) is 11.1. The molecule has 9 heteroatoms. The highest BCUT2D eigenvalue weighted by Gasteiger charge is 2.19. The first-order valence-electron chi connectivity index (χ1n) is 8.51. The molecule has 29 heavy (non-hydrogen) atoms. The van der Waals surface area contributed by atoms with E-state index in [1.54, 1.807) is 24.3 Å². The molecule has 0 saturated carbocycles. The van der Waals surface area contributed by atoms with E-state index >= 15 is 0 Å². The number of nitriles is 1. The van der Waals surface area contributed by atoms with Crippen LogP contribution in [0.4, 0.5) is 15.8 Å². The number of nitrogens with one attached hydrogen (secondary N) is 2. The average Bonchev–Trinajstić information content (AvgIpc) is 2.70. The third kappa shape index (κ3) is 7.27. The van der Waals surface area contributed by atoms with Crippen molar-refractivity contribution in [2.75, 3.05) is 22.1 Å². The molecule has 0 spiro atoms. The number of esters is 1. The molecule has 0 aliphatic carbocycles. The lowest BCUT2D eigenvalue weighted by Gasteiger charge is -2.14. The molecule has 0 saturated heterocycles. The van der Waals surface area contributed by atoms with Gasteiger partial charge in [-0.05, 0) is 43.3 Å². The highest BCUT2D eigenvalue weighted by atomic mass is 32.2. The van der Waals surface area contributed by atoms with Crippen molar-refractivity contribution in [2.24, 2.45) is 0 Å². The smallest absolute Gasteiger partial charge is 0.316 e. The molecule has 0 heterocycles. The highest BCUT2D eigenvalue weighted by Crippen LogP contribution is 2.14. The van der Waals surface area contributed by atoms with Gasteiger partial charge in [0.1, 0.15) is 11.9 Å². The minimum absolute atomic E-state index is 0.0113. The summed E-state index contributed by atoms with van der Waals surface area (Å²) in [4.78, 5) is 35.8. The van der Waals surface area contributed by atoms with Gasteiger partial charge in [-0.25, -0.2) is 4.39 Å². The van der Waals surface area contributed by atoms with Crippen LogP contribution in [0.2, 0.25) is 0 Å². The van der Waals surface area contributed by atoms with E-state index in [4.69, 9.17) is 10.00 Å². The van der Waals surface area contributed by atoms with Crippen LogP contribution in [-0.2, 0) is 19.1 Å². The maximum atomic E-state index is 12.8. The Labute approximate surface area is 171 Å². The average molecular weight is 415 g/mol. The molecular formula is C20H18FN3O4S. The maximum absolute atomic E-state index is 12.8. The molecule has 0 unspecified atom stereocenters. The van der Waals surface area contributed by atoms with Gasteiger partial charge in [0.2, 0.25) is 5.91 Å². The number of carbonyl (C=O) groups is 3. The zero-order chi connectivity index (χ0) is 21.2. The summed E-state index contributed by atoms with van der Waals surface area (Å²) in [7, 11) is 0. The largest absolute Gasteiger partial charge is 0.452 e. The molecule has 150 valence electrons. The first-order valence-corrected chi connectivity index (χ1v) is 9.67. The number of nitrogens with zero attached hydrogens (tertiary/aromatic N) is 1. The van der Waals surface area contributed by atoms with Crippen molar-refractivity contribution in [3.05, 3.63) is 59.9 Å². The number of hydrogen-bond acceptors (Lipinski definition) is 6. The molecule has 0 aliphatic rings. The van der Waals surface area contributed by atoms with E-state index in [2.05, 4.69) is 10.6 Å². The van der Waals surface area contributed by atoms with Crippen LogP contribution in [0.15, 0.2) is 48.5 Å². The van der Waals surface area contributed by atoms with Crippen molar-refractivity contribution in [1.29, 1.82) is 5.26 Å². The second-order valence-corrected chi connectivity index (χ2v) is 6.81. The molecule has 0 aromatic heterocycles. The van der Waals surface area contributed by atoms with Crippen LogP contribution in [0.25, 0.3) is 0 Å². The Kier molecular flexibility index (Phi) is 8.18. The number of amides is 2. The van der Waals surface area contributed by atoms with Gasteiger partial charge in [-0.15, -0.1) is 11.8 Å². The first-order chi connectivity index (χ1) is 13.9. The van der Waals surface area contributed by atoms with E-state index in [-0.39, 0.29) is 17.4 Å². The minimum atomic E-state index is -1.07. The number of thioether (sulfide) groups is 1. The van der Waals surface area contributed by atoms with Crippen LogP contribution >= 0.6 is 11.8 Å². The van der Waals surface area contributed by atoms with Crippen molar-refractivity contribution < 1.29 is 23.5 Å². The molecule has 0 aliphatic heterocycles. The summed E-state index contributed by atoms with van der Waals surface area (Å²) < 4.78 is 17.9. The van der Waals surface area contributed by atoms with Gasteiger partial charge in [-0.1, -0.05) is 12.1 Å². The number of halogens is 1. The summed E-state index contributed by atoms with van der Waals surface area (Å²) in [6.07, 6.45) is -1.07. The summed E-state index contributed by atoms with van der Waals surface area (Å²) in [5.41, 5.74) is 1.07. The Hall–Kier alpha value is -3.38. The Bertz CT molecular complexity index is 928. The molecule has 0 radical (unpaired) electrons. The molecule has 1 atom stereocenters. The lowest BCUT2D eigenvalue weighted by molar-refractivity contribution is -0.150. The van der Waals surface area contributed by atoms with E-state index in [9.17, 15) is 18.8 Å². The van der Waals surface area contributed by atoms with Crippen LogP contribution in [0.1, 0.15) is 12.5 Å². The molecular weight excluding hydrogens is 397 g/mol. The van der Waals surface area contributed by atoms with Crippen molar-refractivity contribution in [1.82, 2.24) is 0 Å². The Morgan fingerprint density at radius 3 is 2.48 bits per heavy atom. The Morgan fingerprint density at radius 1 is 1.10 bits per heavy atom. The minimum Gasteiger partial charge on any atom is -0.452 e. The zero-order valence-corrected chi connectivity index (χ0v) is 16.3. The van der Waals surface area contributed by atoms with Gasteiger partial charge in [0.05, 0.1) is 22.8 Å². The number of hydrogen-bond donors (Lipinski definition) is 2. The Morgan fingerprint density at radius 2 is 1.79 bits per heavy atom. The predicted molar refractivity (Wildman–Crippen MR) is 108 cm³/mol. The SMILES string of the molecule is C[C@H](OC(=O)CSCC(=O)Nc1ccc(F)cc1)C(=O)Nc1ccccc1C#N. The fourth-order valence-corrected chi connectivity index (χ4v) is 2.76. The molecule has 2 rings (SSSR count). The van der Waals surface area contributed by atoms with Crippen LogP contribution < -0.4 is 10.6 Å². The zero-order valence-electron chi connectivity index (χ0n) is 15.5. The second-order valence-electron chi connectivity index (χ2n) is 5.83. The fourth-order valence-electron chi connectivity index (χ4n) is 2.17. The van der Waals surface area contributed by atoms with Crippen molar-refractivity contribution in [2.45, 2.75) is 13.0 Å². The molecule has 7 nitrogen and oxygen atoms in total. The van der Waals surface area contributed by atoms with Crippen LogP contribution in [0.5, 0.6) is 0 Å². The van der Waals surface area contributed by atoms with E-state index in [1.165, 1.54) is 31.2 Å². The van der Waals surface area contributed by atoms with E-state index < -0.39 is 23.8 Å². The molecule has 2 aromatic carbocycles. The predicted octanol–water partition coefficient (Wildman–Crippen LogP) is 2.94. The van der Waals surface area contributed by atoms with Gasteiger partial charge in [-0.2, -0.15) is 5.26 Å². The number of carbonyl (C=O) groups excluding carboxylic acids is 3. The summed E-state index contributed by atoms with van der Waals surface area (Å²) in [6.45, 7) is 1.41. The molecule has 2 amide bonds. The van der Waals surface area contributed by atoms with Crippen LogP contribution in [0, 0.1) is 17.1 Å². The number of ether oxygens (including phenoxy) is 1. The van der Waals surface area contributed by atoms with Crippen LogP contribution in [-0.4, -0.2) is 35.4 Å². The summed E-state index contributed by atoms with van der Waals surface area (Å²) in [6, 6.07) is 13.7. The topological polar surface area (TPSA) is 108 Å². The van der Waals surface area contributed by atoms with Gasteiger partial charge in [0, 0.05) is 5.69 Å². The Balaban J connectivity index is 1.72. The second kappa shape index (κ2) is 10.8. The molecule has 0 fully saturated rings. The van der Waals surface area contributed by atoms with Crippen LogP contribution in [0.3, 0.4) is 0 Å². The summed E-state index contributed by atoms with van der Waals surface area (Å²) in [5.74, 6) is -2.12. The molecule has 2 aromatic rings. The lowest BCUT2D eigenvalue weighted by atomic mass is 10.2. The third-order valence-corrected chi connectivity index (χ3v) is 4.47. The van der Waals surface area contributed by atoms with Crippen molar-refractivity contribution in [3.8, 4) is 6.07 Å². The van der Waals surface area contributed by atoms with E-state index in [0.29, 0.717) is 16.9 Å². The van der Waals surface area contributed by atoms with Gasteiger partial charge in [0.15, 0.2) is 6.10 Å². The molecule has 0 bridgehead atoms. The monoisotopic (exact) mass is 415 g/mol. The number of para-hydroxylation sites is 1.